The molecule has 1 amide bonds. The van der Waals surface area contributed by atoms with Crippen molar-refractivity contribution >= 4 is 11.7 Å². The third-order valence-electron chi connectivity index (χ3n) is 1.31. The number of hydrogen-bond donors (Lipinski definition) is 2. The molecule has 3 N–H and O–H groups in total. The van der Waals surface area contributed by atoms with Crippen LogP contribution in [0.4, 0.5) is 5.82 Å². The summed E-state index contributed by atoms with van der Waals surface area (Å²) < 4.78 is 0. The topological polar surface area (TPSA) is 68.0 Å². The van der Waals surface area contributed by atoms with Crippen molar-refractivity contribution in [2.45, 2.75) is 0 Å². The SMILES string of the molecule is CNC(=O)c1cccnc1N. The number of nitrogens with zero attached hydrogens (tertiary/aromatic N) is 1. The lowest BCUT2D eigenvalue weighted by Gasteiger charge is -2.00. The highest BCUT2D eigenvalue weighted by Crippen LogP contribution is 2.05. The summed E-state index contributed by atoms with van der Waals surface area (Å²) in [5, 5.41) is 2.46. The highest BCUT2D eigenvalue weighted by Gasteiger charge is 2.05. The minimum atomic E-state index is -0.212. The highest BCUT2D eigenvalue weighted by atomic mass is 16.1. The van der Waals surface area contributed by atoms with E-state index in [0.717, 1.165) is 0 Å². The smallest absolute Gasteiger partial charge is 0.254 e. The largest absolute Gasteiger partial charge is 0.383 e. The molecule has 1 rings (SSSR count). The van der Waals surface area contributed by atoms with Crippen LogP contribution in [0.2, 0.25) is 0 Å². The summed E-state index contributed by atoms with van der Waals surface area (Å²) in [5.74, 6) is 0.0439. The molecule has 0 aromatic carbocycles. The molecule has 0 aliphatic heterocycles. The van der Waals surface area contributed by atoms with E-state index in [1.807, 2.05) is 0 Å². The molecule has 1 heterocycles. The van der Waals surface area contributed by atoms with Crippen molar-refractivity contribution in [1.29, 1.82) is 0 Å². The zero-order valence-electron chi connectivity index (χ0n) is 6.16. The summed E-state index contributed by atoms with van der Waals surface area (Å²) in [7, 11) is 1.55. The third-order valence-corrected chi connectivity index (χ3v) is 1.31. The summed E-state index contributed by atoms with van der Waals surface area (Å²) in [6.07, 6.45) is 1.54. The van der Waals surface area contributed by atoms with Crippen molar-refractivity contribution in [2.75, 3.05) is 12.8 Å². The van der Waals surface area contributed by atoms with E-state index >= 15 is 0 Å². The number of nitrogens with one attached hydrogen (secondary N) is 1. The van der Waals surface area contributed by atoms with Crippen LogP contribution in [-0.2, 0) is 0 Å². The first kappa shape index (κ1) is 7.53. The Morgan fingerprint density at radius 1 is 1.73 bits per heavy atom. The second-order valence-electron chi connectivity index (χ2n) is 2.02. The molecular weight excluding hydrogens is 142 g/mol. The molecule has 0 radical (unpaired) electrons. The van der Waals surface area contributed by atoms with Gasteiger partial charge >= 0.3 is 0 Å². The number of amides is 1. The van der Waals surface area contributed by atoms with Gasteiger partial charge < -0.3 is 11.1 Å². The van der Waals surface area contributed by atoms with Crippen LogP contribution in [0.5, 0.6) is 0 Å². The second kappa shape index (κ2) is 3.01. The lowest BCUT2D eigenvalue weighted by Crippen LogP contribution is -2.19. The standard InChI is InChI=1S/C7H9N3O/c1-9-7(11)5-3-2-4-10-6(5)8/h2-4H,1H3,(H2,8,10)(H,9,11). The minimum Gasteiger partial charge on any atom is -0.383 e. The van der Waals surface area contributed by atoms with E-state index < -0.39 is 0 Å². The second-order valence-corrected chi connectivity index (χ2v) is 2.02. The lowest BCUT2D eigenvalue weighted by molar-refractivity contribution is 0.0963. The number of nitrogens with two attached hydrogens (primary N) is 1. The van der Waals surface area contributed by atoms with E-state index in [4.69, 9.17) is 5.73 Å². The van der Waals surface area contributed by atoms with Crippen molar-refractivity contribution in [2.24, 2.45) is 0 Å². The highest BCUT2D eigenvalue weighted by molar-refractivity contribution is 5.97. The normalized spacial score (nSPS) is 9.18. The summed E-state index contributed by atoms with van der Waals surface area (Å²) in [5.41, 5.74) is 5.84. The number of carbonyl (C=O) groups is 1. The van der Waals surface area contributed by atoms with Gasteiger partial charge in [-0.15, -0.1) is 0 Å². The van der Waals surface area contributed by atoms with E-state index in [1.165, 1.54) is 0 Å². The van der Waals surface area contributed by atoms with Crippen molar-refractivity contribution in [3.63, 3.8) is 0 Å². The molecule has 58 valence electrons. The first-order valence-electron chi connectivity index (χ1n) is 3.18. The summed E-state index contributed by atoms with van der Waals surface area (Å²) in [4.78, 5) is 14.8. The van der Waals surface area contributed by atoms with Crippen LogP contribution < -0.4 is 11.1 Å². The first-order chi connectivity index (χ1) is 5.25. The van der Waals surface area contributed by atoms with Gasteiger partial charge in [-0.25, -0.2) is 4.98 Å². The molecule has 11 heavy (non-hydrogen) atoms. The Hall–Kier alpha value is -1.58. The number of rotatable bonds is 1. The molecule has 0 aliphatic rings. The van der Waals surface area contributed by atoms with Crippen molar-refractivity contribution < 1.29 is 4.79 Å². The van der Waals surface area contributed by atoms with Crippen LogP contribution in [-0.4, -0.2) is 17.9 Å². The van der Waals surface area contributed by atoms with E-state index in [1.54, 1.807) is 25.4 Å². The quantitative estimate of drug-likeness (QED) is 0.594. The molecule has 1 aromatic heterocycles. The maximum Gasteiger partial charge on any atom is 0.254 e. The van der Waals surface area contributed by atoms with Gasteiger partial charge in [0.1, 0.15) is 5.82 Å². The molecular formula is C7H9N3O. The zero-order valence-corrected chi connectivity index (χ0v) is 6.16. The Morgan fingerprint density at radius 3 is 3.00 bits per heavy atom. The van der Waals surface area contributed by atoms with Crippen molar-refractivity contribution in [3.8, 4) is 0 Å². The molecule has 0 fully saturated rings. The van der Waals surface area contributed by atoms with Gasteiger partial charge in [-0.2, -0.15) is 0 Å². The predicted molar refractivity (Wildman–Crippen MR) is 42.0 cm³/mol. The van der Waals surface area contributed by atoms with Crippen LogP contribution in [0.1, 0.15) is 10.4 Å². The number of hydrogen-bond acceptors (Lipinski definition) is 3. The van der Waals surface area contributed by atoms with Gasteiger partial charge in [0.15, 0.2) is 0 Å². The Kier molecular flexibility index (Phi) is 2.06. The molecule has 0 saturated heterocycles. The number of aromatic nitrogens is 1. The maximum absolute atomic E-state index is 11.0. The molecule has 0 unspecified atom stereocenters. The summed E-state index contributed by atoms with van der Waals surface area (Å²) in [6, 6.07) is 3.29. The van der Waals surface area contributed by atoms with Crippen LogP contribution >= 0.6 is 0 Å². The van der Waals surface area contributed by atoms with Crippen LogP contribution in [0.3, 0.4) is 0 Å². The average Bonchev–Trinajstić information content (AvgIpc) is 2.04. The van der Waals surface area contributed by atoms with E-state index in [9.17, 15) is 4.79 Å². The molecule has 0 bridgehead atoms. The molecule has 4 nitrogen and oxygen atoms in total. The third kappa shape index (κ3) is 1.46. The van der Waals surface area contributed by atoms with Crippen LogP contribution in [0.15, 0.2) is 18.3 Å². The maximum atomic E-state index is 11.0. The fourth-order valence-corrected chi connectivity index (χ4v) is 0.744. The molecule has 1 aromatic rings. The van der Waals surface area contributed by atoms with Crippen LogP contribution in [0.25, 0.3) is 0 Å². The van der Waals surface area contributed by atoms with Gasteiger partial charge in [-0.1, -0.05) is 0 Å². The fraction of sp³-hybridized carbons (Fsp3) is 0.143. The summed E-state index contributed by atoms with van der Waals surface area (Å²) in [6.45, 7) is 0. The number of nitrogen functional groups attached to an aromatic ring is 1. The van der Waals surface area contributed by atoms with E-state index in [0.29, 0.717) is 5.56 Å². The molecule has 4 heteroatoms. The van der Waals surface area contributed by atoms with Gasteiger partial charge in [0.25, 0.3) is 5.91 Å². The fourth-order valence-electron chi connectivity index (χ4n) is 0.744. The Labute approximate surface area is 64.4 Å². The first-order valence-corrected chi connectivity index (χ1v) is 3.18. The molecule has 0 saturated carbocycles. The number of carbonyl (C=O) groups excluding carboxylic acids is 1. The van der Waals surface area contributed by atoms with E-state index in [2.05, 4.69) is 10.3 Å². The van der Waals surface area contributed by atoms with Crippen molar-refractivity contribution in [3.05, 3.63) is 23.9 Å². The van der Waals surface area contributed by atoms with Crippen molar-refractivity contribution in [1.82, 2.24) is 10.3 Å². The minimum absolute atomic E-state index is 0.212. The monoisotopic (exact) mass is 151 g/mol. The zero-order chi connectivity index (χ0) is 8.27. The van der Waals surface area contributed by atoms with Gasteiger partial charge in [0.05, 0.1) is 5.56 Å². The van der Waals surface area contributed by atoms with Gasteiger partial charge in [-0.3, -0.25) is 4.79 Å². The average molecular weight is 151 g/mol. The molecule has 0 atom stereocenters. The van der Waals surface area contributed by atoms with Gasteiger partial charge in [-0.05, 0) is 12.1 Å². The van der Waals surface area contributed by atoms with E-state index in [-0.39, 0.29) is 11.7 Å². The lowest BCUT2D eigenvalue weighted by atomic mass is 10.2. The number of pyridine rings is 1. The number of anilines is 1. The summed E-state index contributed by atoms with van der Waals surface area (Å²) >= 11 is 0. The Bertz CT molecular complexity index is 272. The molecule has 0 spiro atoms. The molecule has 0 aliphatic carbocycles. The van der Waals surface area contributed by atoms with Gasteiger partial charge in [0.2, 0.25) is 0 Å². The Morgan fingerprint density at radius 2 is 2.45 bits per heavy atom. The van der Waals surface area contributed by atoms with Crippen LogP contribution in [0, 0.1) is 0 Å². The Balaban J connectivity index is 3.03. The van der Waals surface area contributed by atoms with Gasteiger partial charge in [0, 0.05) is 13.2 Å². The predicted octanol–water partition coefficient (Wildman–Crippen LogP) is 0.0234.